The Morgan fingerprint density at radius 1 is 1.17 bits per heavy atom. The molecule has 0 saturated heterocycles. The second kappa shape index (κ2) is 7.32. The summed E-state index contributed by atoms with van der Waals surface area (Å²) in [6.45, 7) is 4.71. The fraction of sp³-hybridized carbons (Fsp3) is 0.385. The van der Waals surface area contributed by atoms with E-state index in [0.717, 1.165) is 6.42 Å². The zero-order valence-corrected chi connectivity index (χ0v) is 10.7. The average molecular weight is 250 g/mol. The number of anilines is 1. The van der Waals surface area contributed by atoms with E-state index in [-0.39, 0.29) is 12.0 Å². The van der Waals surface area contributed by atoms with E-state index in [0.29, 0.717) is 24.4 Å². The first-order chi connectivity index (χ1) is 8.67. The number of urea groups is 1. The molecule has 2 amide bonds. The monoisotopic (exact) mass is 250 g/mol. The Balaban J connectivity index is 2.55. The summed E-state index contributed by atoms with van der Waals surface area (Å²) in [6, 6.07) is 6.32. The van der Waals surface area contributed by atoms with Gasteiger partial charge < -0.3 is 15.4 Å². The number of benzene rings is 1. The topological polar surface area (TPSA) is 67.4 Å². The van der Waals surface area contributed by atoms with Crippen molar-refractivity contribution in [1.82, 2.24) is 5.32 Å². The van der Waals surface area contributed by atoms with Gasteiger partial charge in [0.25, 0.3) is 0 Å². The van der Waals surface area contributed by atoms with Crippen LogP contribution in [-0.2, 0) is 4.74 Å². The number of ether oxygens (including phenoxy) is 1. The number of amides is 2. The number of rotatable bonds is 5. The van der Waals surface area contributed by atoms with E-state index in [2.05, 4.69) is 10.6 Å². The third-order valence-corrected chi connectivity index (χ3v) is 2.19. The number of esters is 1. The predicted molar refractivity (Wildman–Crippen MR) is 69.7 cm³/mol. The van der Waals surface area contributed by atoms with Gasteiger partial charge in [-0.15, -0.1) is 0 Å². The highest BCUT2D eigenvalue weighted by Crippen LogP contribution is 2.10. The summed E-state index contributed by atoms with van der Waals surface area (Å²) >= 11 is 0. The van der Waals surface area contributed by atoms with E-state index in [1.807, 2.05) is 6.92 Å². The minimum absolute atomic E-state index is 0.249. The van der Waals surface area contributed by atoms with Gasteiger partial charge in [0.2, 0.25) is 0 Å². The summed E-state index contributed by atoms with van der Waals surface area (Å²) in [5.41, 5.74) is 1.10. The van der Waals surface area contributed by atoms with Gasteiger partial charge in [0.1, 0.15) is 0 Å². The van der Waals surface area contributed by atoms with E-state index >= 15 is 0 Å². The molecule has 0 aliphatic rings. The molecule has 0 aliphatic heterocycles. The van der Waals surface area contributed by atoms with Gasteiger partial charge in [-0.2, -0.15) is 0 Å². The molecule has 0 radical (unpaired) electrons. The van der Waals surface area contributed by atoms with Crippen LogP contribution >= 0.6 is 0 Å². The third-order valence-electron chi connectivity index (χ3n) is 2.19. The summed E-state index contributed by atoms with van der Waals surface area (Å²) in [5, 5.41) is 5.37. The summed E-state index contributed by atoms with van der Waals surface area (Å²) < 4.78 is 4.86. The third kappa shape index (κ3) is 4.45. The lowest BCUT2D eigenvalue weighted by Crippen LogP contribution is -2.29. The Labute approximate surface area is 107 Å². The van der Waals surface area contributed by atoms with Crippen molar-refractivity contribution in [1.29, 1.82) is 0 Å². The molecule has 98 valence electrons. The van der Waals surface area contributed by atoms with Crippen LogP contribution in [0.4, 0.5) is 10.5 Å². The Bertz CT molecular complexity index is 401. The van der Waals surface area contributed by atoms with E-state index in [9.17, 15) is 9.59 Å². The number of nitrogens with one attached hydrogen (secondary N) is 2. The van der Waals surface area contributed by atoms with Gasteiger partial charge in [-0.3, -0.25) is 0 Å². The minimum Gasteiger partial charge on any atom is -0.462 e. The lowest BCUT2D eigenvalue weighted by molar-refractivity contribution is 0.0526. The minimum atomic E-state index is -0.362. The molecule has 0 unspecified atom stereocenters. The van der Waals surface area contributed by atoms with Gasteiger partial charge in [0, 0.05) is 12.2 Å². The molecule has 18 heavy (non-hydrogen) atoms. The van der Waals surface area contributed by atoms with Gasteiger partial charge in [0.05, 0.1) is 12.2 Å². The van der Waals surface area contributed by atoms with E-state index < -0.39 is 0 Å². The Kier molecular flexibility index (Phi) is 5.70. The largest absolute Gasteiger partial charge is 0.462 e. The van der Waals surface area contributed by atoms with Gasteiger partial charge in [0.15, 0.2) is 0 Å². The number of hydrogen-bond donors (Lipinski definition) is 2. The van der Waals surface area contributed by atoms with E-state index in [1.54, 1.807) is 31.2 Å². The van der Waals surface area contributed by atoms with Crippen LogP contribution in [0, 0.1) is 0 Å². The highest BCUT2D eigenvalue weighted by Gasteiger charge is 2.06. The molecule has 1 aromatic rings. The van der Waals surface area contributed by atoms with Crippen molar-refractivity contribution in [3.05, 3.63) is 29.8 Å². The molecular formula is C13H18N2O3. The summed E-state index contributed by atoms with van der Waals surface area (Å²) in [6.07, 6.45) is 0.884. The lowest BCUT2D eigenvalue weighted by Gasteiger charge is -2.07. The first-order valence-electron chi connectivity index (χ1n) is 5.99. The zero-order chi connectivity index (χ0) is 13.4. The highest BCUT2D eigenvalue weighted by atomic mass is 16.5. The van der Waals surface area contributed by atoms with Crippen molar-refractivity contribution in [2.45, 2.75) is 20.3 Å². The normalized spacial score (nSPS) is 9.67. The summed E-state index contributed by atoms with van der Waals surface area (Å²) in [7, 11) is 0. The zero-order valence-electron chi connectivity index (χ0n) is 10.7. The quantitative estimate of drug-likeness (QED) is 0.788. The Morgan fingerprint density at radius 2 is 1.83 bits per heavy atom. The van der Waals surface area contributed by atoms with Gasteiger partial charge in [-0.25, -0.2) is 9.59 Å². The molecule has 1 aromatic carbocycles. The van der Waals surface area contributed by atoms with Crippen molar-refractivity contribution in [3.63, 3.8) is 0 Å². The summed E-state index contributed by atoms with van der Waals surface area (Å²) in [4.78, 5) is 22.8. The fourth-order valence-electron chi connectivity index (χ4n) is 1.32. The fourth-order valence-corrected chi connectivity index (χ4v) is 1.32. The SMILES string of the molecule is CCCNC(=O)Nc1ccc(C(=O)OCC)cc1. The molecule has 0 bridgehead atoms. The first-order valence-corrected chi connectivity index (χ1v) is 5.99. The average Bonchev–Trinajstić information content (AvgIpc) is 2.37. The standard InChI is InChI=1S/C13H18N2O3/c1-3-9-14-13(17)15-11-7-5-10(6-8-11)12(16)18-4-2/h5-8H,3-4,9H2,1-2H3,(H2,14,15,17). The van der Waals surface area contributed by atoms with Gasteiger partial charge in [-0.1, -0.05) is 6.92 Å². The molecule has 0 spiro atoms. The number of hydrogen-bond acceptors (Lipinski definition) is 3. The van der Waals surface area contributed by atoms with Crippen molar-refractivity contribution in [2.24, 2.45) is 0 Å². The van der Waals surface area contributed by atoms with Crippen LogP contribution in [0.3, 0.4) is 0 Å². The molecule has 0 fully saturated rings. The predicted octanol–water partition coefficient (Wildman–Crippen LogP) is 2.39. The van der Waals surface area contributed by atoms with Crippen molar-refractivity contribution in [3.8, 4) is 0 Å². The van der Waals surface area contributed by atoms with Crippen molar-refractivity contribution >= 4 is 17.7 Å². The maximum atomic E-state index is 11.4. The first kappa shape index (κ1) is 14.0. The molecule has 0 aliphatic carbocycles. The lowest BCUT2D eigenvalue weighted by atomic mass is 10.2. The Hall–Kier alpha value is -2.04. The molecule has 0 atom stereocenters. The molecule has 5 heteroatoms. The number of carbonyl (C=O) groups excluding carboxylic acids is 2. The van der Waals surface area contributed by atoms with Gasteiger partial charge >= 0.3 is 12.0 Å². The van der Waals surface area contributed by atoms with E-state index in [1.165, 1.54) is 0 Å². The molecule has 0 saturated carbocycles. The van der Waals surface area contributed by atoms with Crippen LogP contribution in [0.25, 0.3) is 0 Å². The second-order valence-electron chi connectivity index (χ2n) is 3.68. The molecule has 5 nitrogen and oxygen atoms in total. The molecule has 1 rings (SSSR count). The second-order valence-corrected chi connectivity index (χ2v) is 3.68. The van der Waals surface area contributed by atoms with Crippen LogP contribution in [0.2, 0.25) is 0 Å². The van der Waals surface area contributed by atoms with Crippen molar-refractivity contribution < 1.29 is 14.3 Å². The Morgan fingerprint density at radius 3 is 2.39 bits per heavy atom. The highest BCUT2D eigenvalue weighted by molar-refractivity contribution is 5.92. The summed E-state index contributed by atoms with van der Waals surface area (Å²) in [5.74, 6) is -0.362. The van der Waals surface area contributed by atoms with Crippen LogP contribution < -0.4 is 10.6 Å². The van der Waals surface area contributed by atoms with Crippen LogP contribution in [-0.4, -0.2) is 25.2 Å². The molecular weight excluding hydrogens is 232 g/mol. The molecule has 0 heterocycles. The van der Waals surface area contributed by atoms with E-state index in [4.69, 9.17) is 4.74 Å². The van der Waals surface area contributed by atoms with Crippen molar-refractivity contribution in [2.75, 3.05) is 18.5 Å². The number of carbonyl (C=O) groups is 2. The van der Waals surface area contributed by atoms with Gasteiger partial charge in [-0.05, 0) is 37.6 Å². The van der Waals surface area contributed by atoms with Crippen LogP contribution in [0.15, 0.2) is 24.3 Å². The maximum Gasteiger partial charge on any atom is 0.338 e. The maximum absolute atomic E-state index is 11.4. The van der Waals surface area contributed by atoms with Crippen LogP contribution in [0.1, 0.15) is 30.6 Å². The molecule has 0 aromatic heterocycles. The molecule has 2 N–H and O–H groups in total. The smallest absolute Gasteiger partial charge is 0.338 e. The van der Waals surface area contributed by atoms with Crippen LogP contribution in [0.5, 0.6) is 0 Å².